The Morgan fingerprint density at radius 1 is 1.38 bits per heavy atom. The lowest BCUT2D eigenvalue weighted by Crippen LogP contribution is -2.28. The molecule has 1 aromatic rings. The van der Waals surface area contributed by atoms with Crippen LogP contribution < -0.4 is 16.8 Å². The Bertz CT molecular complexity index is 418. The van der Waals surface area contributed by atoms with E-state index in [1.165, 1.54) is 18.2 Å². The Morgan fingerprint density at radius 3 is 2.69 bits per heavy atom. The van der Waals surface area contributed by atoms with Crippen molar-refractivity contribution < 1.29 is 14.7 Å². The molecule has 0 fully saturated rings. The molecule has 1 aromatic carbocycles. The van der Waals surface area contributed by atoms with E-state index in [1.807, 2.05) is 0 Å². The maximum absolute atomic E-state index is 11.5. The molecule has 2 amide bonds. The van der Waals surface area contributed by atoms with Crippen LogP contribution in [0.25, 0.3) is 0 Å². The van der Waals surface area contributed by atoms with Crippen LogP contribution in [0, 0.1) is 0 Å². The molecule has 6 nitrogen and oxygen atoms in total. The topological polar surface area (TPSA) is 118 Å². The third-order valence-corrected chi connectivity index (χ3v) is 1.94. The molecule has 0 aromatic heterocycles. The second-order valence-electron chi connectivity index (χ2n) is 3.24. The average Bonchev–Trinajstić information content (AvgIpc) is 2.21. The highest BCUT2D eigenvalue weighted by molar-refractivity contribution is 5.99. The number of carbonyl (C=O) groups excluding carboxylic acids is 2. The minimum atomic E-state index is -0.496. The molecule has 86 valence electrons. The van der Waals surface area contributed by atoms with Crippen molar-refractivity contribution in [3.63, 3.8) is 0 Å². The molecule has 16 heavy (non-hydrogen) atoms. The predicted molar refractivity (Wildman–Crippen MR) is 58.7 cm³/mol. The fourth-order valence-electron chi connectivity index (χ4n) is 1.14. The van der Waals surface area contributed by atoms with Crippen molar-refractivity contribution in [2.24, 2.45) is 5.73 Å². The van der Waals surface area contributed by atoms with E-state index in [4.69, 9.17) is 11.5 Å². The summed E-state index contributed by atoms with van der Waals surface area (Å²) in [4.78, 5) is 22.0. The van der Waals surface area contributed by atoms with Crippen LogP contribution in [-0.4, -0.2) is 23.5 Å². The number of aromatic hydroxyl groups is 1. The Balaban J connectivity index is 2.65. The number of nitrogens with one attached hydrogen (secondary N) is 1. The zero-order chi connectivity index (χ0) is 12.1. The Labute approximate surface area is 92.2 Å². The lowest BCUT2D eigenvalue weighted by atomic mass is 10.1. The van der Waals surface area contributed by atoms with Crippen molar-refractivity contribution >= 4 is 17.5 Å². The summed E-state index contributed by atoms with van der Waals surface area (Å²) >= 11 is 0. The van der Waals surface area contributed by atoms with Crippen molar-refractivity contribution in [3.8, 4) is 5.75 Å². The van der Waals surface area contributed by atoms with Crippen LogP contribution in [-0.2, 0) is 4.79 Å². The highest BCUT2D eigenvalue weighted by Gasteiger charge is 2.10. The number of hydrogen-bond acceptors (Lipinski definition) is 4. The van der Waals surface area contributed by atoms with Crippen LogP contribution in [0.5, 0.6) is 5.75 Å². The van der Waals surface area contributed by atoms with E-state index in [0.29, 0.717) is 0 Å². The summed E-state index contributed by atoms with van der Waals surface area (Å²) in [5.41, 5.74) is 10.9. The number of primary amides is 1. The van der Waals surface area contributed by atoms with Crippen LogP contribution in [0.3, 0.4) is 0 Å². The number of hydrogen-bond donors (Lipinski definition) is 4. The van der Waals surface area contributed by atoms with Gasteiger partial charge in [-0.3, -0.25) is 9.59 Å². The van der Waals surface area contributed by atoms with Gasteiger partial charge < -0.3 is 21.9 Å². The standard InChI is InChI=1S/C10H13N3O3/c11-8-2-1-6(14)5-7(8)10(16)13-4-3-9(12)15/h1-2,5,14H,3-4,11H2,(H2,12,15)(H,13,16). The number of nitrogen functional groups attached to an aromatic ring is 1. The first-order chi connectivity index (χ1) is 7.50. The Hall–Kier alpha value is -2.24. The van der Waals surface area contributed by atoms with E-state index >= 15 is 0 Å². The summed E-state index contributed by atoms with van der Waals surface area (Å²) in [7, 11) is 0. The van der Waals surface area contributed by atoms with Crippen LogP contribution in [0.2, 0.25) is 0 Å². The number of phenols is 1. The van der Waals surface area contributed by atoms with Gasteiger partial charge in [0.05, 0.1) is 5.56 Å². The van der Waals surface area contributed by atoms with Gasteiger partial charge in [-0.05, 0) is 18.2 Å². The van der Waals surface area contributed by atoms with E-state index in [2.05, 4.69) is 5.32 Å². The molecule has 0 spiro atoms. The zero-order valence-corrected chi connectivity index (χ0v) is 8.56. The summed E-state index contributed by atoms with van der Waals surface area (Å²) in [5, 5.41) is 11.7. The largest absolute Gasteiger partial charge is 0.508 e. The summed E-state index contributed by atoms with van der Waals surface area (Å²) in [6.45, 7) is 0.142. The molecule has 6 heteroatoms. The lowest BCUT2D eigenvalue weighted by molar-refractivity contribution is -0.117. The van der Waals surface area contributed by atoms with Gasteiger partial charge in [0.1, 0.15) is 5.75 Å². The molecule has 0 aliphatic heterocycles. The second-order valence-corrected chi connectivity index (χ2v) is 3.24. The lowest BCUT2D eigenvalue weighted by Gasteiger charge is -2.06. The molecule has 0 aliphatic carbocycles. The van der Waals surface area contributed by atoms with Crippen molar-refractivity contribution in [2.45, 2.75) is 6.42 Å². The van der Waals surface area contributed by atoms with Crippen LogP contribution in [0.1, 0.15) is 16.8 Å². The first-order valence-corrected chi connectivity index (χ1v) is 4.65. The number of rotatable bonds is 4. The molecule has 0 heterocycles. The number of amides is 2. The van der Waals surface area contributed by atoms with Crippen LogP contribution in [0.15, 0.2) is 18.2 Å². The van der Waals surface area contributed by atoms with Crippen molar-refractivity contribution in [2.75, 3.05) is 12.3 Å². The van der Waals surface area contributed by atoms with E-state index in [-0.39, 0.29) is 30.0 Å². The summed E-state index contributed by atoms with van der Waals surface area (Å²) in [6, 6.07) is 4.07. The normalized spacial score (nSPS) is 9.75. The molecule has 0 aliphatic rings. The van der Waals surface area contributed by atoms with Gasteiger partial charge in [0, 0.05) is 18.7 Å². The molecule has 6 N–H and O–H groups in total. The number of nitrogens with two attached hydrogens (primary N) is 2. The van der Waals surface area contributed by atoms with Gasteiger partial charge >= 0.3 is 0 Å². The fraction of sp³-hybridized carbons (Fsp3) is 0.200. The van der Waals surface area contributed by atoms with Gasteiger partial charge in [-0.2, -0.15) is 0 Å². The van der Waals surface area contributed by atoms with Crippen LogP contribution >= 0.6 is 0 Å². The minimum absolute atomic E-state index is 0.0470. The zero-order valence-electron chi connectivity index (χ0n) is 8.56. The monoisotopic (exact) mass is 223 g/mol. The average molecular weight is 223 g/mol. The maximum atomic E-state index is 11.5. The minimum Gasteiger partial charge on any atom is -0.508 e. The number of carbonyl (C=O) groups is 2. The second kappa shape index (κ2) is 5.01. The molecule has 0 atom stereocenters. The van der Waals surface area contributed by atoms with Crippen LogP contribution in [0.4, 0.5) is 5.69 Å². The molecular weight excluding hydrogens is 210 g/mol. The maximum Gasteiger partial charge on any atom is 0.253 e. The summed E-state index contributed by atoms with van der Waals surface area (Å²) in [6.07, 6.45) is 0.0600. The molecule has 0 saturated carbocycles. The SMILES string of the molecule is NC(=O)CCNC(=O)c1cc(O)ccc1N. The molecule has 0 saturated heterocycles. The first-order valence-electron chi connectivity index (χ1n) is 4.65. The van der Waals surface area contributed by atoms with E-state index < -0.39 is 11.8 Å². The fourth-order valence-corrected chi connectivity index (χ4v) is 1.14. The van der Waals surface area contributed by atoms with Gasteiger partial charge in [-0.1, -0.05) is 0 Å². The van der Waals surface area contributed by atoms with Crippen molar-refractivity contribution in [3.05, 3.63) is 23.8 Å². The number of benzene rings is 1. The van der Waals surface area contributed by atoms with E-state index in [9.17, 15) is 14.7 Å². The third-order valence-electron chi connectivity index (χ3n) is 1.94. The third kappa shape index (κ3) is 3.16. The van der Waals surface area contributed by atoms with Gasteiger partial charge in [0.15, 0.2) is 0 Å². The first kappa shape index (κ1) is 11.8. The van der Waals surface area contributed by atoms with Gasteiger partial charge in [-0.15, -0.1) is 0 Å². The van der Waals surface area contributed by atoms with Gasteiger partial charge in [0.25, 0.3) is 5.91 Å². The quantitative estimate of drug-likeness (QED) is 0.409. The van der Waals surface area contributed by atoms with E-state index in [0.717, 1.165) is 0 Å². The predicted octanol–water partition coefficient (Wildman–Crippen LogP) is -0.420. The molecular formula is C10H13N3O3. The van der Waals surface area contributed by atoms with E-state index in [1.54, 1.807) is 0 Å². The molecule has 0 unspecified atom stereocenters. The van der Waals surface area contributed by atoms with Gasteiger partial charge in [-0.25, -0.2) is 0 Å². The van der Waals surface area contributed by atoms with Crippen molar-refractivity contribution in [1.29, 1.82) is 0 Å². The van der Waals surface area contributed by atoms with Crippen molar-refractivity contribution in [1.82, 2.24) is 5.32 Å². The Morgan fingerprint density at radius 2 is 2.06 bits per heavy atom. The summed E-state index contributed by atoms with van der Waals surface area (Å²) in [5.74, 6) is -0.993. The highest BCUT2D eigenvalue weighted by atomic mass is 16.3. The molecule has 1 rings (SSSR count). The molecule has 0 radical (unpaired) electrons. The molecule has 0 bridgehead atoms. The van der Waals surface area contributed by atoms with Gasteiger partial charge in [0.2, 0.25) is 5.91 Å². The summed E-state index contributed by atoms with van der Waals surface area (Å²) < 4.78 is 0. The number of anilines is 1. The Kier molecular flexibility index (Phi) is 3.71. The smallest absolute Gasteiger partial charge is 0.253 e. The number of phenolic OH excluding ortho intramolecular Hbond substituents is 1. The highest BCUT2D eigenvalue weighted by Crippen LogP contribution is 2.17.